The van der Waals surface area contributed by atoms with Gasteiger partial charge in [-0.2, -0.15) is 0 Å². The van der Waals surface area contributed by atoms with Crippen molar-refractivity contribution >= 4 is 11.5 Å². The molecule has 3 heterocycles. The van der Waals surface area contributed by atoms with Crippen LogP contribution >= 0.6 is 0 Å². The van der Waals surface area contributed by atoms with Gasteiger partial charge in [0.15, 0.2) is 0 Å². The Morgan fingerprint density at radius 1 is 1.26 bits per heavy atom. The summed E-state index contributed by atoms with van der Waals surface area (Å²) in [5.74, 6) is 0.879. The molecule has 1 saturated heterocycles. The first kappa shape index (κ1) is 15.7. The summed E-state index contributed by atoms with van der Waals surface area (Å²) in [7, 11) is 0. The van der Waals surface area contributed by atoms with E-state index in [1.165, 1.54) is 0 Å². The number of rotatable bonds is 6. The van der Waals surface area contributed by atoms with Crippen molar-refractivity contribution in [2.75, 3.05) is 23.8 Å². The summed E-state index contributed by atoms with van der Waals surface area (Å²) < 4.78 is 5.46. The lowest BCUT2D eigenvalue weighted by atomic mass is 10.2. The zero-order valence-electron chi connectivity index (χ0n) is 13.7. The highest BCUT2D eigenvalue weighted by atomic mass is 16.5. The number of aromatic nitrogens is 2. The molecule has 122 valence electrons. The van der Waals surface area contributed by atoms with E-state index in [-0.39, 0.29) is 0 Å². The minimum Gasteiger partial charge on any atom is -0.380 e. The molecule has 2 aromatic heterocycles. The second-order valence-electron chi connectivity index (χ2n) is 5.97. The standard InChI is InChI=1S/C18H24N4O/c1-3-13(2)20-17-8-7-16(15-6-4-5-10-19-15)22-18(17)21-14-9-11-23-12-14/h4-8,10,13-14,20H,3,9,11-12H2,1-2H3,(H,21,22). The minimum absolute atomic E-state index is 0.318. The molecule has 5 nitrogen and oxygen atoms in total. The summed E-state index contributed by atoms with van der Waals surface area (Å²) in [5.41, 5.74) is 2.79. The van der Waals surface area contributed by atoms with E-state index in [2.05, 4.69) is 35.5 Å². The number of nitrogens with zero attached hydrogens (tertiary/aromatic N) is 2. The number of pyridine rings is 2. The lowest BCUT2D eigenvalue weighted by Gasteiger charge is -2.20. The lowest BCUT2D eigenvalue weighted by Crippen LogP contribution is -2.22. The van der Waals surface area contributed by atoms with Crippen molar-refractivity contribution in [3.8, 4) is 11.4 Å². The third-order valence-corrected chi connectivity index (χ3v) is 4.11. The van der Waals surface area contributed by atoms with Crippen LogP contribution in [0.3, 0.4) is 0 Å². The second kappa shape index (κ2) is 7.42. The SMILES string of the molecule is CCC(C)Nc1ccc(-c2ccccn2)nc1NC1CCOC1. The lowest BCUT2D eigenvalue weighted by molar-refractivity contribution is 0.195. The number of hydrogen-bond donors (Lipinski definition) is 2. The van der Waals surface area contributed by atoms with Crippen molar-refractivity contribution in [1.82, 2.24) is 9.97 Å². The minimum atomic E-state index is 0.318. The second-order valence-corrected chi connectivity index (χ2v) is 5.97. The van der Waals surface area contributed by atoms with Crippen molar-refractivity contribution in [2.45, 2.75) is 38.8 Å². The van der Waals surface area contributed by atoms with E-state index < -0.39 is 0 Å². The van der Waals surface area contributed by atoms with Gasteiger partial charge in [-0.05, 0) is 44.0 Å². The molecular formula is C18H24N4O. The van der Waals surface area contributed by atoms with Crippen molar-refractivity contribution in [1.29, 1.82) is 0 Å². The molecule has 0 aliphatic carbocycles. The van der Waals surface area contributed by atoms with Gasteiger partial charge in [0, 0.05) is 18.8 Å². The molecule has 0 aromatic carbocycles. The van der Waals surface area contributed by atoms with Gasteiger partial charge in [0.1, 0.15) is 5.82 Å². The molecule has 5 heteroatoms. The maximum atomic E-state index is 5.46. The molecule has 2 N–H and O–H groups in total. The van der Waals surface area contributed by atoms with Crippen LogP contribution in [0.25, 0.3) is 11.4 Å². The molecule has 2 aromatic rings. The molecule has 23 heavy (non-hydrogen) atoms. The first-order valence-electron chi connectivity index (χ1n) is 8.29. The Morgan fingerprint density at radius 3 is 2.87 bits per heavy atom. The number of hydrogen-bond acceptors (Lipinski definition) is 5. The predicted molar refractivity (Wildman–Crippen MR) is 93.7 cm³/mol. The fourth-order valence-electron chi connectivity index (χ4n) is 2.55. The largest absolute Gasteiger partial charge is 0.380 e. The van der Waals surface area contributed by atoms with E-state index in [0.29, 0.717) is 12.1 Å². The summed E-state index contributed by atoms with van der Waals surface area (Å²) >= 11 is 0. The molecule has 2 atom stereocenters. The number of anilines is 2. The van der Waals surface area contributed by atoms with Crippen LogP contribution in [0.1, 0.15) is 26.7 Å². The molecule has 0 amide bonds. The van der Waals surface area contributed by atoms with E-state index in [0.717, 1.165) is 48.9 Å². The average molecular weight is 312 g/mol. The first-order chi connectivity index (χ1) is 11.3. The van der Waals surface area contributed by atoms with Crippen LogP contribution in [0.2, 0.25) is 0 Å². The Labute approximate surface area is 137 Å². The summed E-state index contributed by atoms with van der Waals surface area (Å²) in [4.78, 5) is 9.20. The smallest absolute Gasteiger partial charge is 0.150 e. The molecular weight excluding hydrogens is 288 g/mol. The van der Waals surface area contributed by atoms with Gasteiger partial charge in [-0.25, -0.2) is 4.98 Å². The topological polar surface area (TPSA) is 59.1 Å². The van der Waals surface area contributed by atoms with Crippen LogP contribution in [-0.2, 0) is 4.74 Å². The zero-order valence-corrected chi connectivity index (χ0v) is 13.7. The van der Waals surface area contributed by atoms with E-state index in [1.807, 2.05) is 24.3 Å². The third-order valence-electron chi connectivity index (χ3n) is 4.11. The van der Waals surface area contributed by atoms with Gasteiger partial charge < -0.3 is 15.4 Å². The van der Waals surface area contributed by atoms with Crippen LogP contribution in [-0.4, -0.2) is 35.3 Å². The molecule has 2 unspecified atom stereocenters. The third kappa shape index (κ3) is 3.99. The molecule has 0 spiro atoms. The van der Waals surface area contributed by atoms with Crippen LogP contribution in [0, 0.1) is 0 Å². The highest BCUT2D eigenvalue weighted by molar-refractivity contribution is 5.70. The van der Waals surface area contributed by atoms with Crippen molar-refractivity contribution in [3.63, 3.8) is 0 Å². The molecule has 3 rings (SSSR count). The fraction of sp³-hybridized carbons (Fsp3) is 0.444. The molecule has 0 radical (unpaired) electrons. The van der Waals surface area contributed by atoms with E-state index in [1.54, 1.807) is 6.20 Å². The Bertz CT molecular complexity index is 626. The molecule has 1 fully saturated rings. The van der Waals surface area contributed by atoms with E-state index in [4.69, 9.17) is 9.72 Å². The molecule has 1 aliphatic heterocycles. The normalized spacial score (nSPS) is 18.6. The highest BCUT2D eigenvalue weighted by Crippen LogP contribution is 2.26. The Morgan fingerprint density at radius 2 is 2.17 bits per heavy atom. The van der Waals surface area contributed by atoms with Gasteiger partial charge in [-0.1, -0.05) is 13.0 Å². The van der Waals surface area contributed by atoms with Gasteiger partial charge in [0.05, 0.1) is 29.7 Å². The van der Waals surface area contributed by atoms with E-state index >= 15 is 0 Å². The van der Waals surface area contributed by atoms with Gasteiger partial charge in [0.25, 0.3) is 0 Å². The number of nitrogens with one attached hydrogen (secondary N) is 2. The predicted octanol–water partition coefficient (Wildman–Crippen LogP) is 3.55. The summed E-state index contributed by atoms with van der Waals surface area (Å²) in [6.07, 6.45) is 3.87. The zero-order chi connectivity index (χ0) is 16.1. The first-order valence-corrected chi connectivity index (χ1v) is 8.29. The van der Waals surface area contributed by atoms with Crippen LogP contribution in [0.15, 0.2) is 36.5 Å². The molecule has 0 saturated carbocycles. The van der Waals surface area contributed by atoms with Crippen LogP contribution < -0.4 is 10.6 Å². The maximum Gasteiger partial charge on any atom is 0.150 e. The Hall–Kier alpha value is -2.14. The molecule has 0 bridgehead atoms. The van der Waals surface area contributed by atoms with Crippen LogP contribution in [0.5, 0.6) is 0 Å². The van der Waals surface area contributed by atoms with Gasteiger partial charge >= 0.3 is 0 Å². The van der Waals surface area contributed by atoms with Crippen LogP contribution in [0.4, 0.5) is 11.5 Å². The Balaban J connectivity index is 1.89. The summed E-state index contributed by atoms with van der Waals surface area (Å²) in [5, 5.41) is 7.05. The van der Waals surface area contributed by atoms with Crippen molar-refractivity contribution in [2.24, 2.45) is 0 Å². The van der Waals surface area contributed by atoms with Gasteiger partial charge in [-0.15, -0.1) is 0 Å². The van der Waals surface area contributed by atoms with Crippen molar-refractivity contribution < 1.29 is 4.74 Å². The Kier molecular flexibility index (Phi) is 5.08. The van der Waals surface area contributed by atoms with E-state index in [9.17, 15) is 0 Å². The summed E-state index contributed by atoms with van der Waals surface area (Å²) in [6, 6.07) is 10.7. The van der Waals surface area contributed by atoms with Gasteiger partial charge in [0.2, 0.25) is 0 Å². The maximum absolute atomic E-state index is 5.46. The summed E-state index contributed by atoms with van der Waals surface area (Å²) in [6.45, 7) is 5.89. The van der Waals surface area contributed by atoms with Crippen molar-refractivity contribution in [3.05, 3.63) is 36.5 Å². The van der Waals surface area contributed by atoms with Gasteiger partial charge in [-0.3, -0.25) is 4.98 Å². The highest BCUT2D eigenvalue weighted by Gasteiger charge is 2.18. The quantitative estimate of drug-likeness (QED) is 0.854. The monoisotopic (exact) mass is 312 g/mol. The average Bonchev–Trinajstić information content (AvgIpc) is 3.10. The molecule has 1 aliphatic rings. The fourth-order valence-corrected chi connectivity index (χ4v) is 2.55. The number of ether oxygens (including phenoxy) is 1.